The van der Waals surface area contributed by atoms with Crippen molar-refractivity contribution in [2.24, 2.45) is 0 Å². The lowest BCUT2D eigenvalue weighted by atomic mass is 10.3. The molecule has 0 saturated carbocycles. The van der Waals surface area contributed by atoms with Crippen LogP contribution in [-0.4, -0.2) is 46.5 Å². The zero-order valence-corrected chi connectivity index (χ0v) is 12.0. The van der Waals surface area contributed by atoms with Gasteiger partial charge in [0.05, 0.1) is 4.92 Å². The third kappa shape index (κ3) is 4.60. The first-order valence-corrected chi connectivity index (χ1v) is 6.17. The number of benzene rings is 1. The first-order valence-electron chi connectivity index (χ1n) is 5.79. The Morgan fingerprint density at radius 1 is 1.52 bits per heavy atom. The zero-order chi connectivity index (χ0) is 16.2. The van der Waals surface area contributed by atoms with E-state index in [0.717, 1.165) is 11.0 Å². The molecule has 0 aromatic heterocycles. The van der Waals surface area contributed by atoms with Crippen molar-refractivity contribution in [2.75, 3.05) is 13.6 Å². The number of rotatable bonds is 6. The fourth-order valence-corrected chi connectivity index (χ4v) is 1.73. The van der Waals surface area contributed by atoms with Gasteiger partial charge >= 0.3 is 11.7 Å². The molecule has 1 aromatic carbocycles. The topological polar surface area (TPSA) is 110 Å². The summed E-state index contributed by atoms with van der Waals surface area (Å²) in [6.45, 7) is 0.883. The second-order valence-electron chi connectivity index (χ2n) is 4.22. The second-order valence-corrected chi connectivity index (χ2v) is 4.65. The molecule has 0 aliphatic carbocycles. The number of amides is 1. The maximum atomic E-state index is 11.9. The lowest BCUT2D eigenvalue weighted by Gasteiger charge is -2.20. The highest BCUT2D eigenvalue weighted by atomic mass is 35.5. The third-order valence-corrected chi connectivity index (χ3v) is 2.75. The van der Waals surface area contributed by atoms with Gasteiger partial charge in [0.2, 0.25) is 0 Å². The van der Waals surface area contributed by atoms with Crippen LogP contribution in [0.5, 0.6) is 5.75 Å². The summed E-state index contributed by atoms with van der Waals surface area (Å²) >= 11 is 5.67. The molecule has 0 spiro atoms. The van der Waals surface area contributed by atoms with Gasteiger partial charge in [0, 0.05) is 18.1 Å². The Labute approximate surface area is 125 Å². The smallest absolute Gasteiger partial charge is 0.323 e. The van der Waals surface area contributed by atoms with Gasteiger partial charge in [0.1, 0.15) is 6.54 Å². The summed E-state index contributed by atoms with van der Waals surface area (Å²) in [7, 11) is 1.30. The second kappa shape index (κ2) is 6.89. The van der Waals surface area contributed by atoms with E-state index in [4.69, 9.17) is 21.4 Å². The molecule has 0 bridgehead atoms. The summed E-state index contributed by atoms with van der Waals surface area (Å²) in [6, 6.07) is 3.78. The molecule has 1 aromatic rings. The molecule has 1 rings (SSSR count). The molecule has 0 aliphatic heterocycles. The minimum atomic E-state index is -1.17. The Balaban J connectivity index is 2.88. The number of nitro groups is 1. The van der Waals surface area contributed by atoms with E-state index in [0.29, 0.717) is 0 Å². The molecule has 0 fully saturated rings. The van der Waals surface area contributed by atoms with Crippen LogP contribution in [0.3, 0.4) is 0 Å². The highest BCUT2D eigenvalue weighted by Gasteiger charge is 2.24. The largest absolute Gasteiger partial charge is 0.480 e. The Bertz CT molecular complexity index is 577. The molecular formula is C12H13ClN2O6. The van der Waals surface area contributed by atoms with Crippen molar-refractivity contribution in [3.05, 3.63) is 33.3 Å². The van der Waals surface area contributed by atoms with E-state index in [-0.39, 0.29) is 16.5 Å². The zero-order valence-electron chi connectivity index (χ0n) is 11.3. The summed E-state index contributed by atoms with van der Waals surface area (Å²) in [5.41, 5.74) is -0.372. The van der Waals surface area contributed by atoms with Crippen LogP contribution in [-0.2, 0) is 9.59 Å². The van der Waals surface area contributed by atoms with Crippen LogP contribution in [0.25, 0.3) is 0 Å². The number of carbonyl (C=O) groups is 2. The molecule has 1 N–H and O–H groups in total. The van der Waals surface area contributed by atoms with Gasteiger partial charge in [-0.1, -0.05) is 11.6 Å². The van der Waals surface area contributed by atoms with Gasteiger partial charge in [-0.15, -0.1) is 0 Å². The van der Waals surface area contributed by atoms with Crippen LogP contribution in [0.1, 0.15) is 6.92 Å². The lowest BCUT2D eigenvalue weighted by Crippen LogP contribution is -2.40. The van der Waals surface area contributed by atoms with Gasteiger partial charge in [-0.05, 0) is 19.1 Å². The van der Waals surface area contributed by atoms with Gasteiger partial charge in [-0.25, -0.2) is 0 Å². The van der Waals surface area contributed by atoms with Gasteiger partial charge in [0.15, 0.2) is 11.9 Å². The minimum absolute atomic E-state index is 0.117. The molecule has 1 amide bonds. The SMILES string of the molecule is CC(Oc1ccc(Cl)cc1[N+](=O)[O-])C(=O)N(C)CC(=O)O. The summed E-state index contributed by atoms with van der Waals surface area (Å²) in [6.07, 6.45) is -1.07. The van der Waals surface area contributed by atoms with E-state index in [2.05, 4.69) is 0 Å². The number of nitrogens with zero attached hydrogens (tertiary/aromatic N) is 2. The average Bonchev–Trinajstić information content (AvgIpc) is 2.38. The van der Waals surface area contributed by atoms with Gasteiger partial charge in [-0.2, -0.15) is 0 Å². The van der Waals surface area contributed by atoms with Crippen LogP contribution in [0, 0.1) is 10.1 Å². The molecule has 21 heavy (non-hydrogen) atoms. The van der Waals surface area contributed by atoms with Crippen LogP contribution in [0.15, 0.2) is 18.2 Å². The molecule has 0 radical (unpaired) electrons. The van der Waals surface area contributed by atoms with Crippen molar-refractivity contribution in [2.45, 2.75) is 13.0 Å². The van der Waals surface area contributed by atoms with Crippen LogP contribution in [0.4, 0.5) is 5.69 Å². The predicted molar refractivity (Wildman–Crippen MR) is 73.5 cm³/mol. The van der Waals surface area contributed by atoms with Crippen molar-refractivity contribution in [3.8, 4) is 5.75 Å². The number of aliphatic carboxylic acids is 1. The van der Waals surface area contributed by atoms with Crippen molar-refractivity contribution in [1.82, 2.24) is 4.90 Å². The number of halogens is 1. The highest BCUT2D eigenvalue weighted by molar-refractivity contribution is 6.30. The van der Waals surface area contributed by atoms with Crippen molar-refractivity contribution >= 4 is 29.2 Å². The molecule has 1 unspecified atom stereocenters. The monoisotopic (exact) mass is 316 g/mol. The van der Waals surface area contributed by atoms with Gasteiger partial charge in [0.25, 0.3) is 5.91 Å². The van der Waals surface area contributed by atoms with E-state index in [1.54, 1.807) is 0 Å². The fourth-order valence-electron chi connectivity index (χ4n) is 1.56. The Morgan fingerprint density at radius 2 is 2.14 bits per heavy atom. The summed E-state index contributed by atoms with van der Waals surface area (Å²) in [5, 5.41) is 19.7. The molecule has 0 heterocycles. The number of hydrogen-bond acceptors (Lipinski definition) is 5. The third-order valence-electron chi connectivity index (χ3n) is 2.52. The molecular weight excluding hydrogens is 304 g/mol. The maximum Gasteiger partial charge on any atom is 0.323 e. The van der Waals surface area contributed by atoms with E-state index >= 15 is 0 Å². The Hall–Kier alpha value is -2.35. The van der Waals surface area contributed by atoms with Crippen molar-refractivity contribution in [3.63, 3.8) is 0 Å². The normalized spacial score (nSPS) is 11.6. The number of likely N-dealkylation sites (N-methyl/N-ethyl adjacent to an activating group) is 1. The van der Waals surface area contributed by atoms with Gasteiger partial charge in [-0.3, -0.25) is 19.7 Å². The molecule has 0 aliphatic rings. The molecule has 9 heteroatoms. The molecule has 0 saturated heterocycles. The predicted octanol–water partition coefficient (Wildman–Crippen LogP) is 1.56. The fraction of sp³-hybridized carbons (Fsp3) is 0.333. The average molecular weight is 317 g/mol. The van der Waals surface area contributed by atoms with E-state index in [1.807, 2.05) is 0 Å². The molecule has 114 valence electrons. The lowest BCUT2D eigenvalue weighted by molar-refractivity contribution is -0.386. The minimum Gasteiger partial charge on any atom is -0.480 e. The van der Waals surface area contributed by atoms with E-state index < -0.39 is 29.4 Å². The van der Waals surface area contributed by atoms with E-state index in [1.165, 1.54) is 26.1 Å². The Kier molecular flexibility index (Phi) is 5.48. The maximum absolute atomic E-state index is 11.9. The van der Waals surface area contributed by atoms with Crippen LogP contribution < -0.4 is 4.74 Å². The highest BCUT2D eigenvalue weighted by Crippen LogP contribution is 2.30. The summed E-state index contributed by atoms with van der Waals surface area (Å²) in [4.78, 5) is 33.6. The number of carboxylic acid groups (broad SMARTS) is 1. The number of carboxylic acids is 1. The van der Waals surface area contributed by atoms with Crippen molar-refractivity contribution < 1.29 is 24.4 Å². The number of nitro benzene ring substituents is 1. The van der Waals surface area contributed by atoms with Crippen molar-refractivity contribution in [1.29, 1.82) is 0 Å². The standard InChI is InChI=1S/C12H13ClN2O6/c1-7(12(18)14(2)6-11(16)17)21-10-4-3-8(13)5-9(10)15(19)20/h3-5,7H,6H2,1-2H3,(H,16,17). The Morgan fingerprint density at radius 3 is 2.67 bits per heavy atom. The number of ether oxygens (including phenoxy) is 1. The number of carbonyl (C=O) groups excluding carboxylic acids is 1. The molecule has 1 atom stereocenters. The van der Waals surface area contributed by atoms with Gasteiger partial charge < -0.3 is 14.7 Å². The first kappa shape index (κ1) is 16.7. The summed E-state index contributed by atoms with van der Waals surface area (Å²) < 4.78 is 5.24. The van der Waals surface area contributed by atoms with E-state index in [9.17, 15) is 19.7 Å². The summed E-state index contributed by atoms with van der Waals surface area (Å²) in [5.74, 6) is -1.90. The van der Waals surface area contributed by atoms with Crippen LogP contribution >= 0.6 is 11.6 Å². The first-order chi connectivity index (χ1) is 9.72. The van der Waals surface area contributed by atoms with Crippen LogP contribution in [0.2, 0.25) is 5.02 Å². The molecule has 8 nitrogen and oxygen atoms in total. The quantitative estimate of drug-likeness (QED) is 0.630. The number of hydrogen-bond donors (Lipinski definition) is 1.